The Morgan fingerprint density at radius 2 is 0.746 bits per heavy atom. The van der Waals surface area contributed by atoms with E-state index >= 15 is 0 Å². The van der Waals surface area contributed by atoms with Crippen LogP contribution in [0, 0.1) is 0 Å². The third-order valence-electron chi connectivity index (χ3n) is 11.4. The molecule has 0 amide bonds. The number of benzene rings is 8. The summed E-state index contributed by atoms with van der Waals surface area (Å²) in [6.45, 7) is 0. The van der Waals surface area contributed by atoms with Crippen LogP contribution in [0.3, 0.4) is 0 Å². The Labute approximate surface area is 338 Å². The molecule has 0 spiro atoms. The van der Waals surface area contributed by atoms with Crippen molar-refractivity contribution in [1.29, 1.82) is 0 Å². The SMILES string of the molecule is c1ccc(-c2ccc(-c3nc(-c4cc(-n5c6ccccc6c6ccccc65)cc(-n5c6ccccc6c6ccccc65)c4)nc(-c4cc5ccccc5o4)n3)cc2)cc1. The first-order chi connectivity index (χ1) is 29.2. The molecule has 0 saturated heterocycles. The molecule has 0 aliphatic rings. The number of rotatable bonds is 6. The average molecular weight is 756 g/mol. The van der Waals surface area contributed by atoms with E-state index in [4.69, 9.17) is 19.4 Å². The van der Waals surface area contributed by atoms with Gasteiger partial charge >= 0.3 is 0 Å². The summed E-state index contributed by atoms with van der Waals surface area (Å²) in [5, 5.41) is 5.77. The van der Waals surface area contributed by atoms with Gasteiger partial charge in [0, 0.05) is 49.4 Å². The second-order valence-electron chi connectivity index (χ2n) is 14.9. The van der Waals surface area contributed by atoms with Crippen molar-refractivity contribution < 1.29 is 4.42 Å². The van der Waals surface area contributed by atoms with Crippen molar-refractivity contribution in [3.05, 3.63) is 200 Å². The van der Waals surface area contributed by atoms with Crippen LogP contribution in [0.4, 0.5) is 0 Å². The summed E-state index contributed by atoms with van der Waals surface area (Å²) in [5.41, 5.74) is 11.3. The van der Waals surface area contributed by atoms with Crippen molar-refractivity contribution in [1.82, 2.24) is 24.1 Å². The standard InChI is InChI=1S/C53H33N5O/c1-2-14-34(15-3-1)35-26-28-36(29-27-35)51-54-52(56-53(55-51)50-32-37-16-4-13-25-49(37)59-50)38-30-39(57-45-21-9-5-17-41(45)42-18-6-10-22-46(42)57)33-40(31-38)58-47-23-11-7-19-43(47)44-20-8-12-24-48(44)58/h1-33H. The van der Waals surface area contributed by atoms with Gasteiger partial charge in [-0.15, -0.1) is 0 Å². The molecule has 276 valence electrons. The zero-order valence-corrected chi connectivity index (χ0v) is 31.7. The summed E-state index contributed by atoms with van der Waals surface area (Å²) in [5.74, 6) is 2.15. The van der Waals surface area contributed by atoms with Gasteiger partial charge in [-0.3, -0.25) is 0 Å². The first-order valence-electron chi connectivity index (χ1n) is 19.8. The Kier molecular flexibility index (Phi) is 7.43. The quantitative estimate of drug-likeness (QED) is 0.170. The van der Waals surface area contributed by atoms with E-state index < -0.39 is 0 Å². The molecule has 6 nitrogen and oxygen atoms in total. The highest BCUT2D eigenvalue weighted by Crippen LogP contribution is 2.38. The molecule has 0 N–H and O–H groups in total. The number of fused-ring (bicyclic) bond motifs is 7. The van der Waals surface area contributed by atoms with Crippen LogP contribution in [-0.4, -0.2) is 24.1 Å². The lowest BCUT2D eigenvalue weighted by Gasteiger charge is -2.16. The van der Waals surface area contributed by atoms with Crippen LogP contribution < -0.4 is 0 Å². The molecule has 4 heterocycles. The summed E-state index contributed by atoms with van der Waals surface area (Å²) in [6.07, 6.45) is 0. The number of aromatic nitrogens is 5. The molecule has 0 bridgehead atoms. The van der Waals surface area contributed by atoms with E-state index in [9.17, 15) is 0 Å². The molecule has 0 unspecified atom stereocenters. The molecule has 12 aromatic rings. The molecular weight excluding hydrogens is 723 g/mol. The molecule has 6 heteroatoms. The van der Waals surface area contributed by atoms with Gasteiger partial charge in [-0.2, -0.15) is 0 Å². The Morgan fingerprint density at radius 1 is 0.322 bits per heavy atom. The highest BCUT2D eigenvalue weighted by atomic mass is 16.3. The van der Waals surface area contributed by atoms with Crippen LogP contribution in [0.15, 0.2) is 205 Å². The van der Waals surface area contributed by atoms with Crippen LogP contribution in [0.25, 0.3) is 111 Å². The lowest BCUT2D eigenvalue weighted by atomic mass is 10.0. The fraction of sp³-hybridized carbons (Fsp3) is 0. The third kappa shape index (κ3) is 5.46. The molecule has 0 atom stereocenters. The maximum Gasteiger partial charge on any atom is 0.199 e. The van der Waals surface area contributed by atoms with Crippen molar-refractivity contribution in [3.8, 4) is 56.9 Å². The fourth-order valence-electron chi connectivity index (χ4n) is 8.66. The van der Waals surface area contributed by atoms with Gasteiger partial charge in [-0.25, -0.2) is 15.0 Å². The van der Waals surface area contributed by atoms with Gasteiger partial charge in [0.15, 0.2) is 23.2 Å². The van der Waals surface area contributed by atoms with Crippen LogP contribution >= 0.6 is 0 Å². The van der Waals surface area contributed by atoms with Crippen LogP contribution in [0.1, 0.15) is 0 Å². The Bertz CT molecular complexity index is 3290. The summed E-state index contributed by atoms with van der Waals surface area (Å²) >= 11 is 0. The van der Waals surface area contributed by atoms with E-state index in [0.29, 0.717) is 23.2 Å². The predicted octanol–water partition coefficient (Wildman–Crippen LogP) is 13.5. The third-order valence-corrected chi connectivity index (χ3v) is 11.4. The molecule has 4 aromatic heterocycles. The first kappa shape index (κ1) is 33.1. The summed E-state index contributed by atoms with van der Waals surface area (Å²) < 4.78 is 11.1. The van der Waals surface area contributed by atoms with E-state index in [1.807, 2.05) is 36.4 Å². The number of nitrogens with zero attached hydrogens (tertiary/aromatic N) is 5. The van der Waals surface area contributed by atoms with Crippen LogP contribution in [-0.2, 0) is 0 Å². The van der Waals surface area contributed by atoms with E-state index in [0.717, 1.165) is 66.7 Å². The smallest absolute Gasteiger partial charge is 0.199 e. The van der Waals surface area contributed by atoms with Gasteiger partial charge in [0.25, 0.3) is 0 Å². The monoisotopic (exact) mass is 755 g/mol. The summed E-state index contributed by atoms with van der Waals surface area (Å²) in [6, 6.07) is 70.0. The van der Waals surface area contributed by atoms with Gasteiger partial charge < -0.3 is 13.6 Å². The van der Waals surface area contributed by atoms with Gasteiger partial charge in [0.05, 0.1) is 22.1 Å². The maximum absolute atomic E-state index is 6.41. The molecule has 0 radical (unpaired) electrons. The largest absolute Gasteiger partial charge is 0.453 e. The summed E-state index contributed by atoms with van der Waals surface area (Å²) in [7, 11) is 0. The number of para-hydroxylation sites is 5. The minimum atomic E-state index is 0.467. The van der Waals surface area contributed by atoms with E-state index in [-0.39, 0.29) is 0 Å². The first-order valence-corrected chi connectivity index (χ1v) is 19.8. The summed E-state index contributed by atoms with van der Waals surface area (Å²) in [4.78, 5) is 15.6. The van der Waals surface area contributed by atoms with E-state index in [1.165, 1.54) is 21.5 Å². The Hall–Kier alpha value is -8.09. The molecule has 0 aliphatic carbocycles. The second-order valence-corrected chi connectivity index (χ2v) is 14.9. The van der Waals surface area contributed by atoms with Gasteiger partial charge in [0.2, 0.25) is 0 Å². The van der Waals surface area contributed by atoms with Gasteiger partial charge in [-0.1, -0.05) is 146 Å². The fourth-order valence-corrected chi connectivity index (χ4v) is 8.66. The van der Waals surface area contributed by atoms with Crippen LogP contribution in [0.5, 0.6) is 0 Å². The zero-order chi connectivity index (χ0) is 38.9. The zero-order valence-electron chi connectivity index (χ0n) is 31.7. The molecule has 0 saturated carbocycles. The highest BCUT2D eigenvalue weighted by Gasteiger charge is 2.20. The Balaban J connectivity index is 1.14. The molecule has 59 heavy (non-hydrogen) atoms. The van der Waals surface area contributed by atoms with Gasteiger partial charge in [-0.05, 0) is 65.7 Å². The van der Waals surface area contributed by atoms with Crippen molar-refractivity contribution >= 4 is 54.6 Å². The minimum absolute atomic E-state index is 0.467. The molecule has 8 aromatic carbocycles. The number of furan rings is 1. The molecule has 12 rings (SSSR count). The average Bonchev–Trinajstić information content (AvgIpc) is 4.00. The second kappa shape index (κ2) is 13.3. The number of hydrogen-bond donors (Lipinski definition) is 0. The lowest BCUT2D eigenvalue weighted by Crippen LogP contribution is -2.03. The van der Waals surface area contributed by atoms with Gasteiger partial charge in [0.1, 0.15) is 5.58 Å². The molecule has 0 fully saturated rings. The normalized spacial score (nSPS) is 11.7. The Morgan fingerprint density at radius 3 is 1.29 bits per heavy atom. The minimum Gasteiger partial charge on any atom is -0.453 e. The van der Waals surface area contributed by atoms with Crippen molar-refractivity contribution in [3.63, 3.8) is 0 Å². The van der Waals surface area contributed by atoms with E-state index in [2.05, 4.69) is 173 Å². The van der Waals surface area contributed by atoms with Crippen molar-refractivity contribution in [2.24, 2.45) is 0 Å². The van der Waals surface area contributed by atoms with Crippen molar-refractivity contribution in [2.75, 3.05) is 0 Å². The molecule has 0 aliphatic heterocycles. The highest BCUT2D eigenvalue weighted by molar-refractivity contribution is 6.10. The van der Waals surface area contributed by atoms with E-state index in [1.54, 1.807) is 0 Å². The number of hydrogen-bond acceptors (Lipinski definition) is 4. The van der Waals surface area contributed by atoms with Crippen LogP contribution in [0.2, 0.25) is 0 Å². The van der Waals surface area contributed by atoms with Crippen molar-refractivity contribution in [2.45, 2.75) is 0 Å². The predicted molar refractivity (Wildman–Crippen MR) is 240 cm³/mol. The lowest BCUT2D eigenvalue weighted by molar-refractivity contribution is 0.625. The maximum atomic E-state index is 6.41. The topological polar surface area (TPSA) is 61.7 Å². The molecular formula is C53H33N5O.